The van der Waals surface area contributed by atoms with Crippen molar-refractivity contribution in [3.05, 3.63) is 80.0 Å². The fraction of sp³-hybridized carbons (Fsp3) is 0.321. The summed E-state index contributed by atoms with van der Waals surface area (Å²) in [5, 5.41) is 0.486. The van der Waals surface area contributed by atoms with Gasteiger partial charge in [-0.15, -0.1) is 0 Å². The zero-order valence-corrected chi connectivity index (χ0v) is 22.3. The van der Waals surface area contributed by atoms with Gasteiger partial charge in [-0.25, -0.2) is 4.39 Å². The molecular formula is C28H33FN4O4. The van der Waals surface area contributed by atoms with E-state index < -0.39 is 5.54 Å². The Kier molecular flexibility index (Phi) is 6.35. The Labute approximate surface area is 215 Å². The van der Waals surface area contributed by atoms with Gasteiger partial charge in [0.15, 0.2) is 5.75 Å². The predicted molar refractivity (Wildman–Crippen MR) is 144 cm³/mol. The fourth-order valence-electron chi connectivity index (χ4n) is 4.21. The number of fused-ring (bicyclic) bond motifs is 1. The third kappa shape index (κ3) is 4.69. The van der Waals surface area contributed by atoms with Gasteiger partial charge in [0, 0.05) is 56.9 Å². The maximum atomic E-state index is 13.9. The molecular weight excluding hydrogens is 475 g/mol. The van der Waals surface area contributed by atoms with E-state index in [2.05, 4.69) is 4.98 Å². The number of carbonyl (C=O) groups is 1. The molecule has 4 aromatic rings. The maximum absolute atomic E-state index is 13.9. The van der Waals surface area contributed by atoms with E-state index in [4.69, 9.17) is 4.74 Å². The second-order valence-corrected chi connectivity index (χ2v) is 10.4. The van der Waals surface area contributed by atoms with Crippen LogP contribution in [0, 0.1) is 19.7 Å². The van der Waals surface area contributed by atoms with Crippen LogP contribution in [0.25, 0.3) is 22.0 Å². The molecule has 0 atom stereocenters. The number of benzene rings is 1. The maximum Gasteiger partial charge on any atom is 0.274 e. The summed E-state index contributed by atoms with van der Waals surface area (Å²) in [6.45, 7) is 9.24. The summed E-state index contributed by atoms with van der Waals surface area (Å²) in [5.74, 6) is 0.183. The van der Waals surface area contributed by atoms with Crippen LogP contribution in [0.4, 0.5) is 4.39 Å². The van der Waals surface area contributed by atoms with Crippen LogP contribution in [-0.4, -0.2) is 37.5 Å². The molecule has 1 amide bonds. The third-order valence-corrected chi connectivity index (χ3v) is 6.63. The second kappa shape index (κ2) is 9.06. The highest BCUT2D eigenvalue weighted by Gasteiger charge is 2.26. The van der Waals surface area contributed by atoms with Gasteiger partial charge in [-0.2, -0.15) is 0 Å². The molecule has 0 bridgehead atoms. The minimum Gasteiger partial charge on any atom is -0.455 e. The molecule has 0 spiro atoms. The van der Waals surface area contributed by atoms with E-state index in [0.29, 0.717) is 39.1 Å². The van der Waals surface area contributed by atoms with Crippen LogP contribution in [-0.2, 0) is 14.1 Å². The first kappa shape index (κ1) is 25.9. The Hall–Kier alpha value is -4.14. The average Bonchev–Trinajstić information content (AvgIpc) is 3.25. The van der Waals surface area contributed by atoms with E-state index in [0.717, 1.165) is 0 Å². The molecule has 1 N–H and O–H groups in total. The lowest BCUT2D eigenvalue weighted by Gasteiger charge is -2.31. The highest BCUT2D eigenvalue weighted by atomic mass is 19.1. The molecule has 196 valence electrons. The Morgan fingerprint density at radius 3 is 2.22 bits per heavy atom. The summed E-state index contributed by atoms with van der Waals surface area (Å²) in [6, 6.07) is 5.82. The number of aromatic amines is 1. The Morgan fingerprint density at radius 2 is 1.62 bits per heavy atom. The summed E-state index contributed by atoms with van der Waals surface area (Å²) >= 11 is 0. The van der Waals surface area contributed by atoms with Crippen molar-refractivity contribution in [3.8, 4) is 22.6 Å². The number of halogens is 1. The van der Waals surface area contributed by atoms with E-state index >= 15 is 0 Å². The Morgan fingerprint density at radius 1 is 1.00 bits per heavy atom. The second-order valence-electron chi connectivity index (χ2n) is 10.4. The molecule has 37 heavy (non-hydrogen) atoms. The number of nitrogens with zero attached hydrogens (tertiary/aromatic N) is 3. The normalized spacial score (nSPS) is 11.7. The predicted octanol–water partition coefficient (Wildman–Crippen LogP) is 4.90. The topological polar surface area (TPSA) is 89.3 Å². The molecule has 3 heterocycles. The highest BCUT2D eigenvalue weighted by Crippen LogP contribution is 2.38. The van der Waals surface area contributed by atoms with Gasteiger partial charge >= 0.3 is 0 Å². The lowest BCUT2D eigenvalue weighted by atomic mass is 10.0. The minimum absolute atomic E-state index is 0. The van der Waals surface area contributed by atoms with Crippen molar-refractivity contribution >= 4 is 16.8 Å². The number of nitrogens with one attached hydrogen (secondary N) is 1. The third-order valence-electron chi connectivity index (χ3n) is 6.63. The van der Waals surface area contributed by atoms with Crippen molar-refractivity contribution in [2.24, 2.45) is 14.1 Å². The SMILES string of the molecule is Cc1cc(F)cc(C)c1Oc1cn(C)c(=O)cc1-c1cn(C)c(=O)c2[nH]c(C(=O)N(C)C(C)(C)C)cc12.[HH]. The van der Waals surface area contributed by atoms with Gasteiger partial charge in [0.05, 0.1) is 6.20 Å². The van der Waals surface area contributed by atoms with Gasteiger partial charge in [0.2, 0.25) is 0 Å². The summed E-state index contributed by atoms with van der Waals surface area (Å²) in [6.07, 6.45) is 3.18. The highest BCUT2D eigenvalue weighted by molar-refractivity contribution is 6.03. The Balaban J connectivity index is 0.00000400. The van der Waals surface area contributed by atoms with Crippen LogP contribution in [0.3, 0.4) is 0 Å². The molecule has 8 nitrogen and oxygen atoms in total. The van der Waals surface area contributed by atoms with Crippen LogP contribution < -0.4 is 15.9 Å². The number of hydrogen-bond donors (Lipinski definition) is 1. The van der Waals surface area contributed by atoms with Crippen LogP contribution in [0.5, 0.6) is 11.5 Å². The number of amides is 1. The molecule has 9 heteroatoms. The number of carbonyl (C=O) groups excluding carboxylic acids is 1. The molecule has 0 aliphatic heterocycles. The summed E-state index contributed by atoms with van der Waals surface area (Å²) < 4.78 is 22.9. The molecule has 0 saturated heterocycles. The lowest BCUT2D eigenvalue weighted by molar-refractivity contribution is 0.0650. The van der Waals surface area contributed by atoms with Crippen molar-refractivity contribution < 1.29 is 15.3 Å². The number of hydrogen-bond acceptors (Lipinski definition) is 4. The van der Waals surface area contributed by atoms with Crippen LogP contribution in [0.1, 0.15) is 43.8 Å². The number of H-pyrrole nitrogens is 1. The van der Waals surface area contributed by atoms with E-state index in [1.807, 2.05) is 20.8 Å². The largest absolute Gasteiger partial charge is 0.455 e. The van der Waals surface area contributed by atoms with Crippen molar-refractivity contribution in [2.75, 3.05) is 7.05 Å². The van der Waals surface area contributed by atoms with Gasteiger partial charge in [-0.1, -0.05) is 0 Å². The van der Waals surface area contributed by atoms with Crippen LogP contribution in [0.2, 0.25) is 0 Å². The van der Waals surface area contributed by atoms with Crippen LogP contribution >= 0.6 is 0 Å². The average molecular weight is 509 g/mol. The number of aromatic nitrogens is 3. The van der Waals surface area contributed by atoms with Gasteiger partial charge < -0.3 is 23.8 Å². The molecule has 0 radical (unpaired) electrons. The van der Waals surface area contributed by atoms with Crippen molar-refractivity contribution in [1.29, 1.82) is 0 Å². The number of rotatable bonds is 4. The minimum atomic E-state index is -0.431. The van der Waals surface area contributed by atoms with E-state index in [1.165, 1.54) is 27.3 Å². The smallest absolute Gasteiger partial charge is 0.274 e. The quantitative estimate of drug-likeness (QED) is 0.425. The lowest BCUT2D eigenvalue weighted by Crippen LogP contribution is -2.42. The van der Waals surface area contributed by atoms with E-state index in [-0.39, 0.29) is 35.5 Å². The van der Waals surface area contributed by atoms with Crippen molar-refractivity contribution in [1.82, 2.24) is 19.0 Å². The van der Waals surface area contributed by atoms with Gasteiger partial charge in [-0.3, -0.25) is 14.4 Å². The first-order valence-electron chi connectivity index (χ1n) is 11.8. The number of ether oxygens (including phenoxy) is 1. The molecule has 0 saturated carbocycles. The molecule has 0 unspecified atom stereocenters. The number of pyridine rings is 2. The van der Waals surface area contributed by atoms with Crippen molar-refractivity contribution in [2.45, 2.75) is 40.2 Å². The molecule has 1 aromatic carbocycles. The Bertz CT molecular complexity index is 1650. The van der Waals surface area contributed by atoms with Gasteiger partial charge in [0.1, 0.15) is 22.8 Å². The van der Waals surface area contributed by atoms with E-state index in [9.17, 15) is 18.8 Å². The van der Waals surface area contributed by atoms with E-state index in [1.54, 1.807) is 58.4 Å². The number of aryl methyl sites for hydroxylation is 4. The zero-order chi connectivity index (χ0) is 27.4. The molecule has 0 aliphatic rings. The monoisotopic (exact) mass is 508 g/mol. The first-order chi connectivity index (χ1) is 17.2. The fourth-order valence-corrected chi connectivity index (χ4v) is 4.21. The summed E-state index contributed by atoms with van der Waals surface area (Å²) in [4.78, 5) is 43.5. The summed E-state index contributed by atoms with van der Waals surface area (Å²) in [7, 11) is 4.91. The standard InChI is InChI=1S/C28H31FN4O4.H2/c1-15-9-17(29)10-16(2)25(15)37-22-14-31(6)23(34)12-18(22)20-13-32(7)27(36)24-19(20)11-21(30-24)26(35)33(8)28(3,4)5;/h9-14,30H,1-8H3;1H. The summed E-state index contributed by atoms with van der Waals surface area (Å²) in [5.41, 5.74) is 1.65. The molecule has 0 fully saturated rings. The molecule has 4 rings (SSSR count). The zero-order valence-electron chi connectivity index (χ0n) is 22.3. The first-order valence-corrected chi connectivity index (χ1v) is 11.8. The van der Waals surface area contributed by atoms with Crippen molar-refractivity contribution in [3.63, 3.8) is 0 Å². The van der Waals surface area contributed by atoms with Gasteiger partial charge in [0.25, 0.3) is 17.0 Å². The van der Waals surface area contributed by atoms with Crippen LogP contribution in [0.15, 0.2) is 46.2 Å². The molecule has 0 aliphatic carbocycles. The van der Waals surface area contributed by atoms with Gasteiger partial charge in [-0.05, 0) is 63.9 Å². The molecule has 3 aromatic heterocycles.